The lowest BCUT2D eigenvalue weighted by atomic mass is 9.82. The van der Waals surface area contributed by atoms with Crippen LogP contribution in [0.2, 0.25) is 0 Å². The quantitative estimate of drug-likeness (QED) is 0.317. The molecule has 2 aromatic rings. The summed E-state index contributed by atoms with van der Waals surface area (Å²) in [6.07, 6.45) is 7.37. The minimum absolute atomic E-state index is 0.0143. The average molecular weight is 614 g/mol. The molecular formula is C32H45F2N7O3. The summed E-state index contributed by atoms with van der Waals surface area (Å²) in [6.45, 7) is 8.96. The fraction of sp³-hybridized carbons (Fsp3) is 0.625. The van der Waals surface area contributed by atoms with E-state index >= 15 is 8.78 Å². The number of amides is 1. The van der Waals surface area contributed by atoms with Crippen molar-refractivity contribution in [1.82, 2.24) is 20.2 Å². The van der Waals surface area contributed by atoms with Crippen LogP contribution in [0.25, 0.3) is 0 Å². The number of anilines is 3. The van der Waals surface area contributed by atoms with E-state index in [0.717, 1.165) is 44.6 Å². The number of aliphatic carboxylic acids is 1. The van der Waals surface area contributed by atoms with Crippen molar-refractivity contribution in [2.24, 2.45) is 5.41 Å². The van der Waals surface area contributed by atoms with Gasteiger partial charge in [0.2, 0.25) is 5.91 Å². The standard InChI is InChI=1S/C32H45F2N7O3/c1-31(2)7-12-39(13-8-31)19-23-16-25(34)26(17-24(23)33)41-20-29(42)38-32(21-41)9-14-40(15-10-32)28-18-27(36-22-37-28)35-11-5-3-4-6-30(43)44/h16-18,22H,3-15,19-21H2,1-2H3,(H,38,42)(H,43,44)(H,35,36,37). The molecule has 0 atom stereocenters. The van der Waals surface area contributed by atoms with Crippen molar-refractivity contribution in [2.45, 2.75) is 77.3 Å². The van der Waals surface area contributed by atoms with Gasteiger partial charge in [-0.25, -0.2) is 18.7 Å². The number of carboxylic acids is 1. The number of benzene rings is 1. The van der Waals surface area contributed by atoms with Crippen molar-refractivity contribution < 1.29 is 23.5 Å². The van der Waals surface area contributed by atoms with E-state index in [4.69, 9.17) is 5.11 Å². The van der Waals surface area contributed by atoms with Gasteiger partial charge < -0.3 is 25.5 Å². The van der Waals surface area contributed by atoms with Crippen LogP contribution < -0.4 is 20.4 Å². The molecule has 0 radical (unpaired) electrons. The van der Waals surface area contributed by atoms with Gasteiger partial charge in [-0.15, -0.1) is 0 Å². The molecular weight excluding hydrogens is 568 g/mol. The molecule has 0 saturated carbocycles. The molecule has 3 aliphatic rings. The fourth-order valence-corrected chi connectivity index (χ4v) is 6.50. The van der Waals surface area contributed by atoms with Crippen LogP contribution in [0.5, 0.6) is 0 Å². The van der Waals surface area contributed by atoms with E-state index in [2.05, 4.69) is 44.2 Å². The highest BCUT2D eigenvalue weighted by Gasteiger charge is 2.42. The van der Waals surface area contributed by atoms with Gasteiger partial charge in [0.15, 0.2) is 0 Å². The summed E-state index contributed by atoms with van der Waals surface area (Å²) in [5, 5.41) is 15.2. The second-order valence-electron chi connectivity index (χ2n) is 13.4. The van der Waals surface area contributed by atoms with Crippen LogP contribution in [0, 0.1) is 17.0 Å². The first-order chi connectivity index (χ1) is 21.0. The van der Waals surface area contributed by atoms with Gasteiger partial charge in [-0.05, 0) is 63.1 Å². The molecule has 1 spiro atoms. The zero-order chi connectivity index (χ0) is 31.3. The van der Waals surface area contributed by atoms with E-state index in [0.29, 0.717) is 63.4 Å². The number of rotatable bonds is 11. The summed E-state index contributed by atoms with van der Waals surface area (Å²) in [6, 6.07) is 4.47. The van der Waals surface area contributed by atoms with Gasteiger partial charge in [-0.2, -0.15) is 0 Å². The Hall–Kier alpha value is -3.54. The Morgan fingerprint density at radius 3 is 2.45 bits per heavy atom. The van der Waals surface area contributed by atoms with Crippen LogP contribution in [-0.2, 0) is 16.1 Å². The third kappa shape index (κ3) is 8.13. The highest BCUT2D eigenvalue weighted by molar-refractivity contribution is 5.84. The highest BCUT2D eigenvalue weighted by atomic mass is 19.1. The molecule has 3 N–H and O–H groups in total. The normalized spacial score (nSPS) is 20.0. The van der Waals surface area contributed by atoms with Crippen LogP contribution in [-0.4, -0.2) is 83.2 Å². The maximum atomic E-state index is 15.5. The lowest BCUT2D eigenvalue weighted by Gasteiger charge is -2.48. The summed E-state index contributed by atoms with van der Waals surface area (Å²) in [4.78, 5) is 38.3. The molecule has 3 aliphatic heterocycles. The number of unbranched alkanes of at least 4 members (excludes halogenated alkanes) is 2. The monoisotopic (exact) mass is 613 g/mol. The Balaban J connectivity index is 1.17. The number of carboxylic acid groups (broad SMARTS) is 1. The smallest absolute Gasteiger partial charge is 0.303 e. The van der Waals surface area contributed by atoms with Crippen LogP contribution in [0.1, 0.15) is 70.8 Å². The number of hydrogen-bond acceptors (Lipinski definition) is 8. The van der Waals surface area contributed by atoms with Gasteiger partial charge in [0.25, 0.3) is 0 Å². The van der Waals surface area contributed by atoms with Crippen molar-refractivity contribution in [3.63, 3.8) is 0 Å². The predicted molar refractivity (Wildman–Crippen MR) is 166 cm³/mol. The largest absolute Gasteiger partial charge is 0.481 e. The molecule has 1 aromatic carbocycles. The van der Waals surface area contributed by atoms with Crippen molar-refractivity contribution >= 4 is 29.2 Å². The number of piperidine rings is 2. The Morgan fingerprint density at radius 2 is 1.73 bits per heavy atom. The van der Waals surface area contributed by atoms with Crippen molar-refractivity contribution in [3.8, 4) is 0 Å². The van der Waals surface area contributed by atoms with E-state index < -0.39 is 23.1 Å². The fourth-order valence-electron chi connectivity index (χ4n) is 6.50. The molecule has 1 amide bonds. The summed E-state index contributed by atoms with van der Waals surface area (Å²) < 4.78 is 30.8. The number of halogens is 2. The van der Waals surface area contributed by atoms with Gasteiger partial charge in [0, 0.05) is 56.8 Å². The van der Waals surface area contributed by atoms with Crippen LogP contribution >= 0.6 is 0 Å². The predicted octanol–water partition coefficient (Wildman–Crippen LogP) is 4.41. The van der Waals surface area contributed by atoms with E-state index in [-0.39, 0.29) is 30.0 Å². The molecule has 4 heterocycles. The third-order valence-electron chi connectivity index (χ3n) is 9.36. The third-order valence-corrected chi connectivity index (χ3v) is 9.36. The molecule has 0 aliphatic carbocycles. The highest BCUT2D eigenvalue weighted by Crippen LogP contribution is 2.34. The number of likely N-dealkylation sites (tertiary alicyclic amines) is 1. The van der Waals surface area contributed by atoms with E-state index in [1.807, 2.05) is 6.07 Å². The van der Waals surface area contributed by atoms with Gasteiger partial charge in [-0.1, -0.05) is 20.3 Å². The second-order valence-corrected chi connectivity index (χ2v) is 13.4. The van der Waals surface area contributed by atoms with Gasteiger partial charge >= 0.3 is 5.97 Å². The number of aromatic nitrogens is 2. The number of nitrogens with zero attached hydrogens (tertiary/aromatic N) is 5. The summed E-state index contributed by atoms with van der Waals surface area (Å²) in [5.74, 6) is -0.413. The first-order valence-corrected chi connectivity index (χ1v) is 15.8. The second kappa shape index (κ2) is 13.6. The molecule has 0 bridgehead atoms. The lowest BCUT2D eigenvalue weighted by Crippen LogP contribution is -2.66. The first kappa shape index (κ1) is 31.9. The molecule has 3 saturated heterocycles. The van der Waals surface area contributed by atoms with E-state index in [1.54, 1.807) is 4.90 Å². The molecule has 12 heteroatoms. The summed E-state index contributed by atoms with van der Waals surface area (Å²) in [5.41, 5.74) is 0.231. The Kier molecular flexibility index (Phi) is 9.87. The molecule has 240 valence electrons. The molecule has 0 unspecified atom stereocenters. The van der Waals surface area contributed by atoms with Gasteiger partial charge in [0.1, 0.15) is 29.6 Å². The number of hydrogen-bond donors (Lipinski definition) is 3. The number of carbonyl (C=O) groups is 2. The van der Waals surface area contributed by atoms with Crippen LogP contribution in [0.3, 0.4) is 0 Å². The van der Waals surface area contributed by atoms with Crippen molar-refractivity contribution in [3.05, 3.63) is 41.7 Å². The average Bonchev–Trinajstić information content (AvgIpc) is 2.97. The molecule has 44 heavy (non-hydrogen) atoms. The maximum absolute atomic E-state index is 15.5. The number of nitrogens with one attached hydrogen (secondary N) is 2. The van der Waals surface area contributed by atoms with Crippen molar-refractivity contribution in [2.75, 3.05) is 60.9 Å². The molecule has 1 aromatic heterocycles. The summed E-state index contributed by atoms with van der Waals surface area (Å²) >= 11 is 0. The van der Waals surface area contributed by atoms with Gasteiger partial charge in [0.05, 0.1) is 17.8 Å². The minimum Gasteiger partial charge on any atom is -0.481 e. The van der Waals surface area contributed by atoms with Gasteiger partial charge in [-0.3, -0.25) is 14.5 Å². The molecule has 3 fully saturated rings. The summed E-state index contributed by atoms with van der Waals surface area (Å²) in [7, 11) is 0. The molecule has 5 rings (SSSR count). The lowest BCUT2D eigenvalue weighted by molar-refractivity contribution is -0.137. The number of piperazine rings is 1. The van der Waals surface area contributed by atoms with Crippen LogP contribution in [0.15, 0.2) is 24.5 Å². The number of carbonyl (C=O) groups excluding carboxylic acids is 1. The topological polar surface area (TPSA) is 114 Å². The van der Waals surface area contributed by atoms with Crippen LogP contribution in [0.4, 0.5) is 26.1 Å². The SMILES string of the molecule is CC1(C)CCN(Cc2cc(F)c(N3CC(=O)NC4(CCN(c5cc(NCCCCCC(=O)O)ncn5)CC4)C3)cc2F)CC1. The Bertz CT molecular complexity index is 1320. The minimum atomic E-state index is -0.773. The zero-order valence-electron chi connectivity index (χ0n) is 25.9. The zero-order valence-corrected chi connectivity index (χ0v) is 25.9. The van der Waals surface area contributed by atoms with Crippen molar-refractivity contribution in [1.29, 1.82) is 0 Å². The Morgan fingerprint density at radius 1 is 0.977 bits per heavy atom. The first-order valence-electron chi connectivity index (χ1n) is 15.8. The maximum Gasteiger partial charge on any atom is 0.303 e. The van der Waals surface area contributed by atoms with E-state index in [1.165, 1.54) is 18.5 Å². The van der Waals surface area contributed by atoms with E-state index in [9.17, 15) is 9.59 Å². The molecule has 10 nitrogen and oxygen atoms in total. The Labute approximate surface area is 258 Å².